The van der Waals surface area contributed by atoms with Crippen molar-refractivity contribution in [2.45, 2.75) is 13.5 Å². The van der Waals surface area contributed by atoms with E-state index in [1.807, 2.05) is 13.0 Å². The maximum absolute atomic E-state index is 12.8. The van der Waals surface area contributed by atoms with Gasteiger partial charge in [0.25, 0.3) is 0 Å². The number of anilines is 1. The summed E-state index contributed by atoms with van der Waals surface area (Å²) in [4.78, 5) is 4.16. The van der Waals surface area contributed by atoms with E-state index in [1.165, 1.54) is 12.1 Å². The molecule has 1 heterocycles. The summed E-state index contributed by atoms with van der Waals surface area (Å²) in [6.45, 7) is 2.53. The topological polar surface area (TPSA) is 34.1 Å². The molecule has 2 aromatic rings. The first-order valence-corrected chi connectivity index (χ1v) is 5.68. The zero-order chi connectivity index (χ0) is 13.0. The van der Waals surface area contributed by atoms with Gasteiger partial charge in [-0.15, -0.1) is 0 Å². The molecule has 0 aliphatic carbocycles. The lowest BCUT2D eigenvalue weighted by molar-refractivity contribution is 0.414. The molecule has 0 spiro atoms. The maximum atomic E-state index is 12.8. The monoisotopic (exact) mass is 246 g/mol. The smallest absolute Gasteiger partial charge is 0.160 e. The average molecular weight is 246 g/mol. The zero-order valence-corrected chi connectivity index (χ0v) is 10.4. The van der Waals surface area contributed by atoms with Gasteiger partial charge in [0.15, 0.2) is 5.75 Å². The molecule has 0 aliphatic rings. The third-order valence-electron chi connectivity index (χ3n) is 2.62. The standard InChI is InChI=1S/C14H15FN2O/c1-10-7-13(14(18-2)9-16-10)17-8-11-3-5-12(15)6-4-11/h3-7,9H,8H2,1-2H3,(H,16,17). The van der Waals surface area contributed by atoms with Crippen LogP contribution in [-0.2, 0) is 6.54 Å². The second-order valence-electron chi connectivity index (χ2n) is 4.01. The van der Waals surface area contributed by atoms with Crippen LogP contribution in [0.1, 0.15) is 11.3 Å². The molecule has 1 aromatic heterocycles. The largest absolute Gasteiger partial charge is 0.493 e. The van der Waals surface area contributed by atoms with E-state index in [0.29, 0.717) is 12.3 Å². The first kappa shape index (κ1) is 12.4. The van der Waals surface area contributed by atoms with Gasteiger partial charge < -0.3 is 10.1 Å². The van der Waals surface area contributed by atoms with Gasteiger partial charge in [0, 0.05) is 12.2 Å². The lowest BCUT2D eigenvalue weighted by Crippen LogP contribution is -2.02. The molecule has 4 heteroatoms. The summed E-state index contributed by atoms with van der Waals surface area (Å²) < 4.78 is 18.0. The zero-order valence-electron chi connectivity index (χ0n) is 10.4. The molecule has 94 valence electrons. The van der Waals surface area contributed by atoms with Gasteiger partial charge in [-0.2, -0.15) is 0 Å². The Morgan fingerprint density at radius 2 is 2.00 bits per heavy atom. The molecule has 0 aliphatic heterocycles. The van der Waals surface area contributed by atoms with Crippen LogP contribution in [0, 0.1) is 12.7 Å². The predicted octanol–water partition coefficient (Wildman–Crippen LogP) is 3.15. The molecule has 18 heavy (non-hydrogen) atoms. The number of pyridine rings is 1. The third kappa shape index (κ3) is 2.97. The number of aromatic nitrogens is 1. The quantitative estimate of drug-likeness (QED) is 0.899. The highest BCUT2D eigenvalue weighted by molar-refractivity contribution is 5.56. The van der Waals surface area contributed by atoms with E-state index in [-0.39, 0.29) is 5.82 Å². The van der Waals surface area contributed by atoms with Gasteiger partial charge in [-0.25, -0.2) is 4.39 Å². The normalized spacial score (nSPS) is 10.2. The summed E-state index contributed by atoms with van der Waals surface area (Å²) >= 11 is 0. The van der Waals surface area contributed by atoms with Gasteiger partial charge in [-0.3, -0.25) is 4.98 Å². The molecule has 0 radical (unpaired) electrons. The number of benzene rings is 1. The minimum Gasteiger partial charge on any atom is -0.493 e. The molecule has 0 saturated heterocycles. The van der Waals surface area contributed by atoms with Gasteiger partial charge in [-0.05, 0) is 30.7 Å². The number of hydrogen-bond acceptors (Lipinski definition) is 3. The van der Waals surface area contributed by atoms with Crippen molar-refractivity contribution in [3.63, 3.8) is 0 Å². The fraction of sp³-hybridized carbons (Fsp3) is 0.214. The SMILES string of the molecule is COc1cnc(C)cc1NCc1ccc(F)cc1. The average Bonchev–Trinajstić information content (AvgIpc) is 2.38. The maximum Gasteiger partial charge on any atom is 0.160 e. The number of aryl methyl sites for hydroxylation is 1. The number of halogens is 1. The fourth-order valence-corrected chi connectivity index (χ4v) is 1.65. The molecule has 2 rings (SSSR count). The van der Waals surface area contributed by atoms with Crippen molar-refractivity contribution in [2.24, 2.45) is 0 Å². The van der Waals surface area contributed by atoms with Crippen LogP contribution in [0.15, 0.2) is 36.5 Å². The van der Waals surface area contributed by atoms with Crippen molar-refractivity contribution in [1.82, 2.24) is 4.98 Å². The van der Waals surface area contributed by atoms with Crippen LogP contribution in [0.25, 0.3) is 0 Å². The molecule has 1 aromatic carbocycles. The number of rotatable bonds is 4. The Morgan fingerprint density at radius 3 is 2.67 bits per heavy atom. The molecule has 0 amide bonds. The Balaban J connectivity index is 2.09. The van der Waals surface area contributed by atoms with Gasteiger partial charge in [-0.1, -0.05) is 12.1 Å². The Kier molecular flexibility index (Phi) is 3.77. The Hall–Kier alpha value is -2.10. The van der Waals surface area contributed by atoms with Crippen LogP contribution in [-0.4, -0.2) is 12.1 Å². The predicted molar refractivity (Wildman–Crippen MR) is 69.3 cm³/mol. The van der Waals surface area contributed by atoms with E-state index in [9.17, 15) is 4.39 Å². The number of methoxy groups -OCH3 is 1. The number of ether oxygens (including phenoxy) is 1. The molecule has 3 nitrogen and oxygen atoms in total. The summed E-state index contributed by atoms with van der Waals surface area (Å²) in [7, 11) is 1.61. The highest BCUT2D eigenvalue weighted by Gasteiger charge is 2.03. The lowest BCUT2D eigenvalue weighted by atomic mass is 10.2. The van der Waals surface area contributed by atoms with Gasteiger partial charge >= 0.3 is 0 Å². The number of nitrogens with one attached hydrogen (secondary N) is 1. The fourth-order valence-electron chi connectivity index (χ4n) is 1.65. The van der Waals surface area contributed by atoms with Crippen molar-refractivity contribution >= 4 is 5.69 Å². The minimum atomic E-state index is -0.226. The number of nitrogens with zero attached hydrogens (tertiary/aromatic N) is 1. The number of hydrogen-bond donors (Lipinski definition) is 1. The molecular weight excluding hydrogens is 231 g/mol. The lowest BCUT2D eigenvalue weighted by Gasteiger charge is -2.11. The molecule has 0 unspecified atom stereocenters. The first-order valence-electron chi connectivity index (χ1n) is 5.68. The van der Waals surface area contributed by atoms with Crippen LogP contribution in [0.2, 0.25) is 0 Å². The highest BCUT2D eigenvalue weighted by atomic mass is 19.1. The molecular formula is C14H15FN2O. The highest BCUT2D eigenvalue weighted by Crippen LogP contribution is 2.24. The molecule has 0 atom stereocenters. The van der Waals surface area contributed by atoms with Crippen molar-refractivity contribution in [3.8, 4) is 5.75 Å². The second kappa shape index (κ2) is 5.49. The van der Waals surface area contributed by atoms with Crippen molar-refractivity contribution in [3.05, 3.63) is 53.6 Å². The van der Waals surface area contributed by atoms with Gasteiger partial charge in [0.2, 0.25) is 0 Å². The van der Waals surface area contributed by atoms with E-state index in [1.54, 1.807) is 25.4 Å². The van der Waals surface area contributed by atoms with E-state index in [4.69, 9.17) is 4.74 Å². The Bertz CT molecular complexity index is 526. The van der Waals surface area contributed by atoms with E-state index < -0.39 is 0 Å². The van der Waals surface area contributed by atoms with Gasteiger partial charge in [0.1, 0.15) is 5.82 Å². The van der Waals surface area contributed by atoms with Crippen LogP contribution in [0.5, 0.6) is 5.75 Å². The van der Waals surface area contributed by atoms with Crippen molar-refractivity contribution in [1.29, 1.82) is 0 Å². The summed E-state index contributed by atoms with van der Waals surface area (Å²) in [5, 5.41) is 3.25. The molecule has 1 N–H and O–H groups in total. The van der Waals surface area contributed by atoms with Crippen molar-refractivity contribution in [2.75, 3.05) is 12.4 Å². The van der Waals surface area contributed by atoms with E-state index in [2.05, 4.69) is 10.3 Å². The van der Waals surface area contributed by atoms with Crippen LogP contribution >= 0.6 is 0 Å². The minimum absolute atomic E-state index is 0.226. The Labute approximate surface area is 106 Å². The van der Waals surface area contributed by atoms with Crippen LogP contribution < -0.4 is 10.1 Å². The first-order chi connectivity index (χ1) is 8.69. The second-order valence-corrected chi connectivity index (χ2v) is 4.01. The third-order valence-corrected chi connectivity index (χ3v) is 2.62. The summed E-state index contributed by atoms with van der Waals surface area (Å²) in [6, 6.07) is 8.33. The summed E-state index contributed by atoms with van der Waals surface area (Å²) in [6.07, 6.45) is 1.68. The summed E-state index contributed by atoms with van der Waals surface area (Å²) in [5.41, 5.74) is 2.81. The van der Waals surface area contributed by atoms with E-state index >= 15 is 0 Å². The van der Waals surface area contributed by atoms with Crippen molar-refractivity contribution < 1.29 is 9.13 Å². The summed E-state index contributed by atoms with van der Waals surface area (Å²) in [5.74, 6) is 0.471. The van der Waals surface area contributed by atoms with Gasteiger partial charge in [0.05, 0.1) is 19.0 Å². The molecule has 0 saturated carbocycles. The van der Waals surface area contributed by atoms with E-state index in [0.717, 1.165) is 16.9 Å². The molecule has 0 fully saturated rings. The molecule has 0 bridgehead atoms. The van der Waals surface area contributed by atoms with Crippen LogP contribution in [0.3, 0.4) is 0 Å². The van der Waals surface area contributed by atoms with Crippen LogP contribution in [0.4, 0.5) is 10.1 Å². The Morgan fingerprint density at radius 1 is 1.28 bits per heavy atom.